The standard InChI is InChI=1S/C11H21N3O/c1-10(8-15-3)6-13-11(2)7-14-5-4-12-9-14/h4-5,9-11,13H,6-8H2,1-3H3. The number of methoxy groups -OCH3 is 1. The third kappa shape index (κ3) is 4.95. The number of hydrogen-bond acceptors (Lipinski definition) is 3. The molecule has 86 valence electrons. The van der Waals surface area contributed by atoms with Gasteiger partial charge in [-0.1, -0.05) is 6.92 Å². The second-order valence-corrected chi connectivity index (χ2v) is 4.13. The van der Waals surface area contributed by atoms with Gasteiger partial charge in [0.15, 0.2) is 0 Å². The predicted octanol–water partition coefficient (Wildman–Crippen LogP) is 1.14. The summed E-state index contributed by atoms with van der Waals surface area (Å²) in [5.41, 5.74) is 0. The Morgan fingerprint density at radius 2 is 2.27 bits per heavy atom. The van der Waals surface area contributed by atoms with Crippen LogP contribution in [0.25, 0.3) is 0 Å². The molecule has 1 aromatic heterocycles. The Kier molecular flexibility index (Phi) is 5.36. The van der Waals surface area contributed by atoms with Crippen LogP contribution in [-0.4, -0.2) is 35.9 Å². The van der Waals surface area contributed by atoms with E-state index in [4.69, 9.17) is 4.74 Å². The Morgan fingerprint density at radius 3 is 2.87 bits per heavy atom. The van der Waals surface area contributed by atoms with Gasteiger partial charge in [-0.15, -0.1) is 0 Å². The topological polar surface area (TPSA) is 39.1 Å². The molecule has 1 N–H and O–H groups in total. The molecule has 1 rings (SSSR count). The second kappa shape index (κ2) is 6.58. The third-order valence-corrected chi connectivity index (χ3v) is 2.31. The van der Waals surface area contributed by atoms with E-state index in [9.17, 15) is 0 Å². The van der Waals surface area contributed by atoms with E-state index in [2.05, 4.69) is 28.7 Å². The van der Waals surface area contributed by atoms with Gasteiger partial charge < -0.3 is 14.6 Å². The van der Waals surface area contributed by atoms with Crippen molar-refractivity contribution in [3.63, 3.8) is 0 Å². The number of aromatic nitrogens is 2. The summed E-state index contributed by atoms with van der Waals surface area (Å²) in [4.78, 5) is 4.02. The average molecular weight is 211 g/mol. The SMILES string of the molecule is COCC(C)CNC(C)Cn1ccnc1. The first-order valence-corrected chi connectivity index (χ1v) is 5.40. The lowest BCUT2D eigenvalue weighted by Crippen LogP contribution is -2.34. The normalized spacial score (nSPS) is 15.1. The van der Waals surface area contributed by atoms with Crippen molar-refractivity contribution in [1.82, 2.24) is 14.9 Å². The molecule has 0 aliphatic heterocycles. The van der Waals surface area contributed by atoms with Gasteiger partial charge in [0.1, 0.15) is 0 Å². The summed E-state index contributed by atoms with van der Waals surface area (Å²) < 4.78 is 7.17. The van der Waals surface area contributed by atoms with Crippen molar-refractivity contribution in [3.05, 3.63) is 18.7 Å². The molecule has 4 heteroatoms. The largest absolute Gasteiger partial charge is 0.384 e. The van der Waals surface area contributed by atoms with Crippen molar-refractivity contribution in [2.24, 2.45) is 5.92 Å². The van der Waals surface area contributed by atoms with E-state index in [0.717, 1.165) is 19.7 Å². The fraction of sp³-hybridized carbons (Fsp3) is 0.727. The Hall–Kier alpha value is -0.870. The molecule has 2 atom stereocenters. The maximum absolute atomic E-state index is 5.09. The molecule has 0 amide bonds. The molecule has 0 aromatic carbocycles. The van der Waals surface area contributed by atoms with Gasteiger partial charge in [-0.25, -0.2) is 4.98 Å². The number of imidazole rings is 1. The van der Waals surface area contributed by atoms with Crippen LogP contribution in [0.15, 0.2) is 18.7 Å². The molecule has 2 unspecified atom stereocenters. The first kappa shape index (κ1) is 12.2. The quantitative estimate of drug-likeness (QED) is 0.735. The number of rotatable bonds is 7. The monoisotopic (exact) mass is 211 g/mol. The number of nitrogens with zero attached hydrogens (tertiary/aromatic N) is 2. The van der Waals surface area contributed by atoms with E-state index in [-0.39, 0.29) is 0 Å². The summed E-state index contributed by atoms with van der Waals surface area (Å²) in [6.45, 7) is 7.12. The highest BCUT2D eigenvalue weighted by Gasteiger charge is 2.05. The number of nitrogens with one attached hydrogen (secondary N) is 1. The van der Waals surface area contributed by atoms with Crippen LogP contribution in [-0.2, 0) is 11.3 Å². The van der Waals surface area contributed by atoms with Crippen LogP contribution in [0.2, 0.25) is 0 Å². The molecule has 1 aromatic rings. The molecule has 0 aliphatic rings. The molecule has 0 spiro atoms. The van der Waals surface area contributed by atoms with Gasteiger partial charge >= 0.3 is 0 Å². The molecule has 0 bridgehead atoms. The maximum Gasteiger partial charge on any atom is 0.0946 e. The number of hydrogen-bond donors (Lipinski definition) is 1. The minimum Gasteiger partial charge on any atom is -0.384 e. The Balaban J connectivity index is 2.16. The van der Waals surface area contributed by atoms with Crippen molar-refractivity contribution in [1.29, 1.82) is 0 Å². The minimum absolute atomic E-state index is 0.457. The first-order valence-electron chi connectivity index (χ1n) is 5.40. The number of ether oxygens (including phenoxy) is 1. The van der Waals surface area contributed by atoms with Gasteiger partial charge in [0, 0.05) is 45.2 Å². The lowest BCUT2D eigenvalue weighted by molar-refractivity contribution is 0.156. The molecule has 4 nitrogen and oxygen atoms in total. The van der Waals surface area contributed by atoms with Crippen LogP contribution in [0, 0.1) is 5.92 Å². The van der Waals surface area contributed by atoms with E-state index in [1.807, 2.05) is 12.5 Å². The van der Waals surface area contributed by atoms with Crippen LogP contribution in [0.3, 0.4) is 0 Å². The van der Waals surface area contributed by atoms with E-state index in [1.165, 1.54) is 0 Å². The van der Waals surface area contributed by atoms with Gasteiger partial charge in [-0.3, -0.25) is 0 Å². The molecule has 0 saturated heterocycles. The van der Waals surface area contributed by atoms with Crippen LogP contribution in [0.5, 0.6) is 0 Å². The van der Waals surface area contributed by atoms with Crippen LogP contribution >= 0.6 is 0 Å². The maximum atomic E-state index is 5.09. The van der Waals surface area contributed by atoms with Crippen molar-refractivity contribution < 1.29 is 4.74 Å². The van der Waals surface area contributed by atoms with E-state index in [1.54, 1.807) is 13.3 Å². The van der Waals surface area contributed by atoms with Gasteiger partial charge in [0.05, 0.1) is 6.33 Å². The molecule has 1 heterocycles. The average Bonchev–Trinajstić information content (AvgIpc) is 2.68. The van der Waals surface area contributed by atoms with Crippen molar-refractivity contribution >= 4 is 0 Å². The smallest absolute Gasteiger partial charge is 0.0946 e. The lowest BCUT2D eigenvalue weighted by Gasteiger charge is -2.17. The molecule has 0 fully saturated rings. The van der Waals surface area contributed by atoms with Gasteiger partial charge in [0.25, 0.3) is 0 Å². The molecule has 0 saturated carbocycles. The first-order chi connectivity index (χ1) is 7.22. The van der Waals surface area contributed by atoms with Crippen molar-refractivity contribution in [2.75, 3.05) is 20.3 Å². The zero-order chi connectivity index (χ0) is 11.1. The Labute approximate surface area is 91.7 Å². The fourth-order valence-electron chi connectivity index (χ4n) is 1.52. The highest BCUT2D eigenvalue weighted by atomic mass is 16.5. The van der Waals surface area contributed by atoms with Crippen LogP contribution in [0.4, 0.5) is 0 Å². The van der Waals surface area contributed by atoms with Gasteiger partial charge in [-0.2, -0.15) is 0 Å². The zero-order valence-electron chi connectivity index (χ0n) is 9.81. The van der Waals surface area contributed by atoms with Crippen LogP contribution in [0.1, 0.15) is 13.8 Å². The summed E-state index contributed by atoms with van der Waals surface area (Å²) >= 11 is 0. The second-order valence-electron chi connectivity index (χ2n) is 4.13. The molecule has 0 aliphatic carbocycles. The summed E-state index contributed by atoms with van der Waals surface area (Å²) in [5, 5.41) is 3.48. The van der Waals surface area contributed by atoms with E-state index < -0.39 is 0 Å². The zero-order valence-corrected chi connectivity index (χ0v) is 9.81. The lowest BCUT2D eigenvalue weighted by atomic mass is 10.2. The van der Waals surface area contributed by atoms with E-state index in [0.29, 0.717) is 12.0 Å². The fourth-order valence-corrected chi connectivity index (χ4v) is 1.52. The molecular weight excluding hydrogens is 190 g/mol. The minimum atomic E-state index is 0.457. The molecular formula is C11H21N3O. The Morgan fingerprint density at radius 1 is 1.47 bits per heavy atom. The van der Waals surface area contributed by atoms with E-state index >= 15 is 0 Å². The molecule has 0 radical (unpaired) electrons. The highest BCUT2D eigenvalue weighted by Crippen LogP contribution is 1.96. The summed E-state index contributed by atoms with van der Waals surface area (Å²) in [5.74, 6) is 0.556. The van der Waals surface area contributed by atoms with Crippen molar-refractivity contribution in [3.8, 4) is 0 Å². The summed E-state index contributed by atoms with van der Waals surface area (Å²) in [6, 6.07) is 0.457. The predicted molar refractivity (Wildman–Crippen MR) is 60.7 cm³/mol. The van der Waals surface area contributed by atoms with Crippen LogP contribution < -0.4 is 5.32 Å². The molecule has 15 heavy (non-hydrogen) atoms. The Bertz CT molecular complexity index is 248. The summed E-state index contributed by atoms with van der Waals surface area (Å²) in [7, 11) is 1.74. The third-order valence-electron chi connectivity index (χ3n) is 2.31. The highest BCUT2D eigenvalue weighted by molar-refractivity contribution is 4.76. The van der Waals surface area contributed by atoms with Crippen molar-refractivity contribution in [2.45, 2.75) is 26.4 Å². The summed E-state index contributed by atoms with van der Waals surface area (Å²) in [6.07, 6.45) is 5.63. The van der Waals surface area contributed by atoms with Gasteiger partial charge in [0.2, 0.25) is 0 Å². The van der Waals surface area contributed by atoms with Gasteiger partial charge in [-0.05, 0) is 12.8 Å².